The van der Waals surface area contributed by atoms with Crippen molar-refractivity contribution in [2.45, 2.75) is 62.5 Å². The number of hydrogen-bond acceptors (Lipinski definition) is 13. The van der Waals surface area contributed by atoms with Gasteiger partial charge in [-0.15, -0.1) is 23.1 Å². The van der Waals surface area contributed by atoms with Crippen LogP contribution in [0.3, 0.4) is 0 Å². The van der Waals surface area contributed by atoms with Gasteiger partial charge in [0.2, 0.25) is 11.5 Å². The smallest absolute Gasteiger partial charge is 0.350 e. The molecular weight excluding hydrogens is 637 g/mol. The number of carboxylic acid groups (broad SMARTS) is 1. The summed E-state index contributed by atoms with van der Waals surface area (Å²) in [5.74, 6) is -1.77. The van der Waals surface area contributed by atoms with Crippen LogP contribution >= 0.6 is 23.1 Å². The minimum absolute atomic E-state index is 0.0764. The number of rotatable bonds is 12. The number of fused-ring (bicyclic) bond motifs is 2. The molecule has 4 aliphatic heterocycles. The maximum Gasteiger partial charge on any atom is 0.350 e. The molecular formula is C27H36N12O5S2. The van der Waals surface area contributed by atoms with E-state index in [0.717, 1.165) is 60.2 Å². The van der Waals surface area contributed by atoms with Crippen LogP contribution in [0.4, 0.5) is 5.13 Å². The second kappa shape index (κ2) is 11.9. The monoisotopic (exact) mass is 672 g/mol. The van der Waals surface area contributed by atoms with Crippen LogP contribution in [0.5, 0.6) is 0 Å². The second-order valence-electron chi connectivity index (χ2n) is 12.6. The summed E-state index contributed by atoms with van der Waals surface area (Å²) in [5, 5.41) is 30.4. The molecule has 1 amide bonds. The van der Waals surface area contributed by atoms with Crippen LogP contribution in [-0.4, -0.2) is 113 Å². The lowest BCUT2D eigenvalue weighted by molar-refractivity contribution is -0.945. The van der Waals surface area contributed by atoms with Crippen LogP contribution in [0.25, 0.3) is 5.70 Å². The number of aliphatic imine (C=N–C) groups is 1. The highest BCUT2D eigenvalue weighted by Crippen LogP contribution is 2.51. The van der Waals surface area contributed by atoms with Gasteiger partial charge in [-0.05, 0) is 13.8 Å². The van der Waals surface area contributed by atoms with Gasteiger partial charge in [-0.25, -0.2) is 14.8 Å². The first-order valence-electron chi connectivity index (χ1n) is 14.9. The molecule has 7 N–H and O–H groups in total. The zero-order valence-electron chi connectivity index (χ0n) is 25.5. The normalized spacial score (nSPS) is 27.7. The molecule has 0 spiro atoms. The average Bonchev–Trinajstić information content (AvgIpc) is 3.80. The molecule has 0 saturated carbocycles. The van der Waals surface area contributed by atoms with Crippen molar-refractivity contribution in [3.8, 4) is 0 Å². The van der Waals surface area contributed by atoms with Crippen molar-refractivity contribution in [2.24, 2.45) is 27.5 Å². The molecule has 2 aromatic heterocycles. The Morgan fingerprint density at radius 3 is 2.63 bits per heavy atom. The molecule has 246 valence electrons. The van der Waals surface area contributed by atoms with Crippen molar-refractivity contribution in [3.05, 3.63) is 22.5 Å². The van der Waals surface area contributed by atoms with E-state index in [2.05, 4.69) is 35.8 Å². The van der Waals surface area contributed by atoms with Gasteiger partial charge >= 0.3 is 5.97 Å². The molecule has 0 bridgehead atoms. The van der Waals surface area contributed by atoms with E-state index in [1.807, 2.05) is 0 Å². The summed E-state index contributed by atoms with van der Waals surface area (Å²) in [5.41, 5.74) is 17.0. The van der Waals surface area contributed by atoms with E-state index >= 15 is 0 Å². The number of hydrogen-bond donors (Lipinski definition) is 4. The highest BCUT2D eigenvalue weighted by atomic mass is 32.2. The number of amides is 1. The number of nitrogens with zero attached hydrogens (tertiary/aromatic N) is 9. The van der Waals surface area contributed by atoms with Crippen LogP contribution in [0.1, 0.15) is 57.5 Å². The summed E-state index contributed by atoms with van der Waals surface area (Å²) in [4.78, 5) is 54.6. The van der Waals surface area contributed by atoms with Crippen molar-refractivity contribution in [1.29, 1.82) is 0 Å². The summed E-state index contributed by atoms with van der Waals surface area (Å²) >= 11 is 2.68. The Morgan fingerprint density at radius 1 is 1.28 bits per heavy atom. The summed E-state index contributed by atoms with van der Waals surface area (Å²) in [6.45, 7) is 5.83. The number of ketones is 1. The predicted octanol–water partition coefficient (Wildman–Crippen LogP) is -0.230. The average molecular weight is 673 g/mol. The van der Waals surface area contributed by atoms with Gasteiger partial charge in [0.15, 0.2) is 22.6 Å². The van der Waals surface area contributed by atoms with Crippen LogP contribution in [-0.2, 0) is 19.2 Å². The van der Waals surface area contributed by atoms with Gasteiger partial charge in [0.25, 0.3) is 0 Å². The Bertz CT molecular complexity index is 1620. The number of aromatic nitrogens is 5. The maximum atomic E-state index is 13.9. The fourth-order valence-corrected chi connectivity index (χ4v) is 9.12. The van der Waals surface area contributed by atoms with E-state index in [0.29, 0.717) is 24.5 Å². The van der Waals surface area contributed by atoms with E-state index in [9.17, 15) is 19.5 Å². The van der Waals surface area contributed by atoms with Crippen molar-refractivity contribution < 1.29 is 28.8 Å². The molecule has 0 radical (unpaired) electrons. The Kier molecular flexibility index (Phi) is 8.26. The van der Waals surface area contributed by atoms with E-state index in [1.54, 1.807) is 16.7 Å². The third-order valence-electron chi connectivity index (χ3n) is 9.51. The molecule has 17 nitrogen and oxygen atoms in total. The Labute approximate surface area is 272 Å². The number of carbonyl (C=O) groups is 3. The van der Waals surface area contributed by atoms with Gasteiger partial charge in [0, 0.05) is 48.8 Å². The standard InChI is InChI=1S/C27H36N12O5S2/c1-26(2,23(42)43)44-35-18(16-12-46-25(30)32-16)17(40)9-15-21(41)38-19(20-33-36-37-34-20)14(11-45-22(15)38)10-39-7-3-5-27(39,6-4-8-39)13-31-24(28)29/h12,15,22H,3-11,13H2,1-2H3,(H7-,28,29,30,31,32,33,34,36,37,42,43)/b35-18-/t15-,22-,27?,39?/m1/s1. The minimum Gasteiger partial charge on any atom is -0.478 e. The predicted molar refractivity (Wildman–Crippen MR) is 169 cm³/mol. The Hall–Kier alpha value is -4.10. The summed E-state index contributed by atoms with van der Waals surface area (Å²) < 4.78 is 0.836. The first-order chi connectivity index (χ1) is 21.9. The third-order valence-corrected chi connectivity index (χ3v) is 11.6. The van der Waals surface area contributed by atoms with E-state index in [4.69, 9.17) is 22.0 Å². The maximum absolute atomic E-state index is 13.9. The van der Waals surface area contributed by atoms with Crippen LogP contribution in [0.2, 0.25) is 0 Å². The van der Waals surface area contributed by atoms with Gasteiger partial charge in [0.05, 0.1) is 42.4 Å². The molecule has 3 saturated heterocycles. The number of Topliss-reactive ketones (excluding diaryl/α,β-unsaturated/α-hetero) is 1. The number of thiazole rings is 1. The number of anilines is 1. The number of aliphatic carboxylic acids is 1. The Morgan fingerprint density at radius 2 is 2.02 bits per heavy atom. The molecule has 2 aromatic rings. The number of oxime groups is 1. The van der Waals surface area contributed by atoms with Crippen molar-refractivity contribution >= 4 is 63.3 Å². The molecule has 0 aromatic carbocycles. The lowest BCUT2D eigenvalue weighted by atomic mass is 9.88. The highest BCUT2D eigenvalue weighted by molar-refractivity contribution is 8.00. The number of carboxylic acids is 1. The van der Waals surface area contributed by atoms with E-state index in [1.165, 1.54) is 19.2 Å². The Balaban J connectivity index is 1.27. The first kappa shape index (κ1) is 31.9. The lowest BCUT2D eigenvalue weighted by Gasteiger charge is -2.52. The topological polar surface area (TPSA) is 252 Å². The highest BCUT2D eigenvalue weighted by Gasteiger charge is 2.60. The lowest BCUT2D eigenvalue weighted by Crippen LogP contribution is -2.63. The van der Waals surface area contributed by atoms with Crippen LogP contribution in [0.15, 0.2) is 21.1 Å². The quantitative estimate of drug-likeness (QED) is 0.0747. The molecule has 0 aliphatic carbocycles. The SMILES string of the molecule is CC(C)(O/N=C(\C(=O)C[C@@H]1C(=O)N2C(c3nnn[n-]3)=C(C[N+]34CCCC3(CN=C(N)N)CCC4)CS[C@H]12)c1csc(N)n1)C(=O)O. The van der Waals surface area contributed by atoms with E-state index < -0.39 is 23.3 Å². The molecule has 0 unspecified atom stereocenters. The number of carbonyl (C=O) groups excluding carboxylic acids is 2. The van der Waals surface area contributed by atoms with Gasteiger partial charge in [-0.2, -0.15) is 5.21 Å². The van der Waals surface area contributed by atoms with Gasteiger partial charge in [-0.1, -0.05) is 5.16 Å². The minimum atomic E-state index is -1.70. The number of guanidine groups is 1. The van der Waals surface area contributed by atoms with Gasteiger partial charge in [-0.3, -0.25) is 24.8 Å². The van der Waals surface area contributed by atoms with Crippen LogP contribution in [0, 0.1) is 5.92 Å². The molecule has 4 aliphatic rings. The second-order valence-corrected chi connectivity index (χ2v) is 14.6. The van der Waals surface area contributed by atoms with Crippen molar-refractivity contribution in [2.75, 3.05) is 37.7 Å². The molecule has 3 fully saturated rings. The number of nitrogen functional groups attached to an aromatic ring is 1. The molecule has 2 atom stereocenters. The summed E-state index contributed by atoms with van der Waals surface area (Å²) in [6, 6.07) is 0. The molecule has 19 heteroatoms. The van der Waals surface area contributed by atoms with Gasteiger partial charge in [0.1, 0.15) is 17.8 Å². The molecule has 6 rings (SSSR count). The summed E-state index contributed by atoms with van der Waals surface area (Å²) in [6.07, 6.45) is 3.97. The zero-order chi connectivity index (χ0) is 32.9. The zero-order valence-corrected chi connectivity index (χ0v) is 27.1. The number of nitrogens with two attached hydrogens (primary N) is 3. The summed E-state index contributed by atoms with van der Waals surface area (Å²) in [7, 11) is 0. The third kappa shape index (κ3) is 5.49. The number of quaternary nitrogens is 1. The fraction of sp³-hybridized carbons (Fsp3) is 0.593. The number of β-lactam (4-membered cyclic amide) rings is 1. The molecule has 46 heavy (non-hydrogen) atoms. The van der Waals surface area contributed by atoms with Crippen molar-refractivity contribution in [3.63, 3.8) is 0 Å². The fourth-order valence-electron chi connectivity index (χ4n) is 7.17. The number of thioether (sulfide) groups is 1. The first-order valence-corrected chi connectivity index (χ1v) is 16.8. The van der Waals surface area contributed by atoms with Crippen molar-refractivity contribution in [1.82, 2.24) is 30.5 Å². The van der Waals surface area contributed by atoms with Gasteiger partial charge < -0.3 is 36.7 Å². The molecule has 6 heterocycles. The van der Waals surface area contributed by atoms with Crippen LogP contribution < -0.4 is 22.3 Å². The largest absolute Gasteiger partial charge is 0.478 e. The number of tetrazole rings is 1. The van der Waals surface area contributed by atoms with E-state index in [-0.39, 0.29) is 51.6 Å².